The number of rotatable bonds is 6. The summed E-state index contributed by atoms with van der Waals surface area (Å²) in [6.45, 7) is 1.79. The van der Waals surface area contributed by atoms with Crippen LogP contribution in [0.5, 0.6) is 0 Å². The van der Waals surface area contributed by atoms with Crippen LogP contribution in [0.25, 0.3) is 0 Å². The van der Waals surface area contributed by atoms with Gasteiger partial charge in [0.2, 0.25) is 10.0 Å². The summed E-state index contributed by atoms with van der Waals surface area (Å²) in [5, 5.41) is 4.27. The fourth-order valence-corrected chi connectivity index (χ4v) is 6.38. The Hall–Kier alpha value is -3.21. The number of piperazine rings is 1. The number of para-hydroxylation sites is 1. The van der Waals surface area contributed by atoms with E-state index in [-0.39, 0.29) is 15.3 Å². The molecule has 1 fully saturated rings. The lowest BCUT2D eigenvalue weighted by atomic mass is 10.2. The molecular weight excluding hydrogens is 462 g/mol. The number of hydrogen-bond donors (Lipinski definition) is 1. The normalized spacial score (nSPS) is 14.6. The van der Waals surface area contributed by atoms with Crippen LogP contribution >= 0.6 is 11.3 Å². The van der Waals surface area contributed by atoms with E-state index in [0.717, 1.165) is 17.0 Å². The molecule has 0 unspecified atom stereocenters. The van der Waals surface area contributed by atoms with E-state index in [9.17, 15) is 18.0 Å². The number of thiophene rings is 1. The highest BCUT2D eigenvalue weighted by Gasteiger charge is 2.32. The minimum Gasteiger partial charge on any atom is -0.465 e. The van der Waals surface area contributed by atoms with E-state index < -0.39 is 21.9 Å². The van der Waals surface area contributed by atoms with Gasteiger partial charge in [-0.1, -0.05) is 24.3 Å². The maximum atomic E-state index is 13.3. The molecule has 2 aromatic carbocycles. The van der Waals surface area contributed by atoms with Crippen LogP contribution in [-0.4, -0.2) is 57.9 Å². The number of ether oxygens (including phenoxy) is 1. The fraction of sp³-hybridized carbons (Fsp3) is 0.217. The number of carbonyl (C=O) groups excluding carboxylic acids is 2. The van der Waals surface area contributed by atoms with Crippen LogP contribution < -0.4 is 10.2 Å². The zero-order valence-corrected chi connectivity index (χ0v) is 19.6. The first-order valence-corrected chi connectivity index (χ1v) is 12.6. The van der Waals surface area contributed by atoms with Crippen LogP contribution in [-0.2, 0) is 14.8 Å². The van der Waals surface area contributed by atoms with Crippen LogP contribution in [0.3, 0.4) is 0 Å². The molecule has 2 heterocycles. The van der Waals surface area contributed by atoms with Crippen molar-refractivity contribution in [2.75, 3.05) is 43.5 Å². The van der Waals surface area contributed by atoms with E-state index in [1.54, 1.807) is 23.6 Å². The summed E-state index contributed by atoms with van der Waals surface area (Å²) in [5.41, 5.74) is 1.71. The molecule has 3 aromatic rings. The number of amides is 1. The summed E-state index contributed by atoms with van der Waals surface area (Å²) in [5.74, 6) is -1.08. The Labute approximate surface area is 196 Å². The lowest BCUT2D eigenvalue weighted by molar-refractivity contribution is 0.0600. The maximum Gasteiger partial charge on any atom is 0.337 e. The van der Waals surface area contributed by atoms with Gasteiger partial charge in [0.25, 0.3) is 5.91 Å². The summed E-state index contributed by atoms with van der Waals surface area (Å²) >= 11 is 1.06. The van der Waals surface area contributed by atoms with E-state index in [1.165, 1.54) is 23.5 Å². The van der Waals surface area contributed by atoms with E-state index in [2.05, 4.69) is 10.2 Å². The Kier molecular flexibility index (Phi) is 6.77. The fourth-order valence-electron chi connectivity index (χ4n) is 3.66. The molecule has 8 nitrogen and oxygen atoms in total. The van der Waals surface area contributed by atoms with Gasteiger partial charge in [-0.25, -0.2) is 13.2 Å². The van der Waals surface area contributed by atoms with Crippen LogP contribution in [0.15, 0.2) is 70.9 Å². The average Bonchev–Trinajstić information content (AvgIpc) is 3.36. The van der Waals surface area contributed by atoms with E-state index >= 15 is 0 Å². The van der Waals surface area contributed by atoms with Gasteiger partial charge in [-0.3, -0.25) is 4.79 Å². The topological polar surface area (TPSA) is 96.0 Å². The highest BCUT2D eigenvalue weighted by Crippen LogP contribution is 2.28. The molecular formula is C23H23N3O5S2. The molecule has 172 valence electrons. The van der Waals surface area contributed by atoms with Gasteiger partial charge >= 0.3 is 5.97 Å². The van der Waals surface area contributed by atoms with Gasteiger partial charge < -0.3 is 15.0 Å². The highest BCUT2D eigenvalue weighted by molar-refractivity contribution is 7.89. The van der Waals surface area contributed by atoms with Gasteiger partial charge in [0.05, 0.1) is 12.7 Å². The first kappa shape index (κ1) is 23.0. The number of benzene rings is 2. The summed E-state index contributed by atoms with van der Waals surface area (Å²) in [6, 6.07) is 17.6. The smallest absolute Gasteiger partial charge is 0.337 e. The zero-order valence-electron chi connectivity index (χ0n) is 17.9. The maximum absolute atomic E-state index is 13.3. The van der Waals surface area contributed by atoms with Gasteiger partial charge in [-0.15, -0.1) is 11.3 Å². The number of nitrogens with one attached hydrogen (secondary N) is 1. The third kappa shape index (κ3) is 4.92. The number of nitrogens with zero attached hydrogens (tertiary/aromatic N) is 2. The molecule has 33 heavy (non-hydrogen) atoms. The largest absolute Gasteiger partial charge is 0.465 e. The zero-order chi connectivity index (χ0) is 23.4. The van der Waals surface area contributed by atoms with Crippen molar-refractivity contribution in [3.8, 4) is 0 Å². The Bertz CT molecular complexity index is 1250. The van der Waals surface area contributed by atoms with Gasteiger partial charge in [0.15, 0.2) is 0 Å². The quantitative estimate of drug-likeness (QED) is 0.539. The number of methoxy groups -OCH3 is 1. The number of esters is 1. The van der Waals surface area contributed by atoms with Gasteiger partial charge in [-0.05, 0) is 41.8 Å². The van der Waals surface area contributed by atoms with Crippen molar-refractivity contribution in [2.45, 2.75) is 4.90 Å². The third-order valence-corrected chi connectivity index (χ3v) is 8.34. The molecule has 1 saturated heterocycles. The molecule has 0 atom stereocenters. The van der Waals surface area contributed by atoms with Crippen molar-refractivity contribution in [2.24, 2.45) is 0 Å². The van der Waals surface area contributed by atoms with Crippen LogP contribution in [0, 0.1) is 0 Å². The highest BCUT2D eigenvalue weighted by atomic mass is 32.2. The second-order valence-corrected chi connectivity index (χ2v) is 10.2. The van der Waals surface area contributed by atoms with Crippen LogP contribution in [0.4, 0.5) is 11.4 Å². The average molecular weight is 486 g/mol. The van der Waals surface area contributed by atoms with Gasteiger partial charge in [-0.2, -0.15) is 4.31 Å². The molecule has 1 aliphatic rings. The number of hydrogen-bond acceptors (Lipinski definition) is 7. The number of carbonyl (C=O) groups is 2. The molecule has 1 N–H and O–H groups in total. The molecule has 1 aliphatic heterocycles. The summed E-state index contributed by atoms with van der Waals surface area (Å²) in [6.07, 6.45) is 0. The SMILES string of the molecule is COC(=O)c1cccc(NC(=O)c2sccc2S(=O)(=O)N2CCN(c3ccccc3)CC2)c1. The summed E-state index contributed by atoms with van der Waals surface area (Å²) in [4.78, 5) is 26.9. The van der Waals surface area contributed by atoms with Gasteiger partial charge in [0.1, 0.15) is 9.77 Å². The molecule has 0 saturated carbocycles. The van der Waals surface area contributed by atoms with Crippen molar-refractivity contribution < 1.29 is 22.7 Å². The second kappa shape index (κ2) is 9.74. The summed E-state index contributed by atoms with van der Waals surface area (Å²) < 4.78 is 32.8. The monoisotopic (exact) mass is 485 g/mol. The predicted octanol–water partition coefficient (Wildman–Crippen LogP) is 3.30. The van der Waals surface area contributed by atoms with Crippen LogP contribution in [0.1, 0.15) is 20.0 Å². The lowest BCUT2D eigenvalue weighted by Crippen LogP contribution is -2.48. The molecule has 10 heteroatoms. The molecule has 0 bridgehead atoms. The molecule has 4 rings (SSSR count). The first-order chi connectivity index (χ1) is 15.9. The van der Waals surface area contributed by atoms with Crippen molar-refractivity contribution in [3.63, 3.8) is 0 Å². The second-order valence-electron chi connectivity index (χ2n) is 7.37. The Morgan fingerprint density at radius 1 is 0.970 bits per heavy atom. The molecule has 0 aliphatic carbocycles. The Balaban J connectivity index is 1.48. The standard InChI is InChI=1S/C23H23N3O5S2/c1-31-23(28)17-6-5-7-18(16-17)24-22(27)21-20(10-15-32-21)33(29,30)26-13-11-25(12-14-26)19-8-3-2-4-9-19/h2-10,15-16H,11-14H2,1H3,(H,24,27). The van der Waals surface area contributed by atoms with Crippen molar-refractivity contribution in [3.05, 3.63) is 76.5 Å². The molecule has 1 aromatic heterocycles. The predicted molar refractivity (Wildman–Crippen MR) is 127 cm³/mol. The number of anilines is 2. The molecule has 0 radical (unpaired) electrons. The lowest BCUT2D eigenvalue weighted by Gasteiger charge is -2.35. The Morgan fingerprint density at radius 3 is 2.39 bits per heavy atom. The van der Waals surface area contributed by atoms with E-state index in [4.69, 9.17) is 4.74 Å². The van der Waals surface area contributed by atoms with Gasteiger partial charge in [0, 0.05) is 37.6 Å². The van der Waals surface area contributed by atoms with Crippen molar-refractivity contribution in [1.82, 2.24) is 4.31 Å². The van der Waals surface area contributed by atoms with E-state index in [1.807, 2.05) is 30.3 Å². The molecule has 0 spiro atoms. The molecule has 1 amide bonds. The Morgan fingerprint density at radius 2 is 1.70 bits per heavy atom. The van der Waals surface area contributed by atoms with Crippen molar-refractivity contribution >= 4 is 44.6 Å². The van der Waals surface area contributed by atoms with Crippen molar-refractivity contribution in [1.29, 1.82) is 0 Å². The number of sulfonamides is 1. The third-order valence-electron chi connectivity index (χ3n) is 5.35. The summed E-state index contributed by atoms with van der Waals surface area (Å²) in [7, 11) is -2.56. The minimum atomic E-state index is -3.84. The van der Waals surface area contributed by atoms with Crippen LogP contribution in [0.2, 0.25) is 0 Å². The first-order valence-electron chi connectivity index (χ1n) is 10.3. The van der Waals surface area contributed by atoms with E-state index in [0.29, 0.717) is 31.9 Å². The minimum absolute atomic E-state index is 0.0118.